The van der Waals surface area contributed by atoms with E-state index in [9.17, 15) is 51.9 Å². The zero-order valence-corrected chi connectivity index (χ0v) is 49.2. The number of rotatable bonds is 25. The molecular formula is C57H72N10O16S. The van der Waals surface area contributed by atoms with Gasteiger partial charge in [-0.1, -0.05) is 32.6 Å². The second-order valence-corrected chi connectivity index (χ2v) is 23.6. The van der Waals surface area contributed by atoms with E-state index in [1.165, 1.54) is 12.4 Å². The Bertz CT molecular complexity index is 3430. The van der Waals surface area contributed by atoms with E-state index in [1.54, 1.807) is 70.1 Å². The lowest BCUT2D eigenvalue weighted by molar-refractivity contribution is -0.172. The van der Waals surface area contributed by atoms with Crippen molar-refractivity contribution in [3.63, 3.8) is 0 Å². The lowest BCUT2D eigenvalue weighted by atomic mass is 9.86. The molecule has 27 heteroatoms. The van der Waals surface area contributed by atoms with Crippen LogP contribution in [-0.4, -0.2) is 150 Å². The number of carbonyl (C=O) groups is 7. The van der Waals surface area contributed by atoms with Crippen LogP contribution in [0.2, 0.25) is 0 Å². The van der Waals surface area contributed by atoms with E-state index < -0.39 is 106 Å². The molecule has 0 fully saturated rings. The van der Waals surface area contributed by atoms with E-state index in [0.29, 0.717) is 72.6 Å². The summed E-state index contributed by atoms with van der Waals surface area (Å²) in [5.74, 6) is 2.63. The number of hydrogen-bond acceptors (Lipinski definition) is 19. The first kappa shape index (κ1) is 63.4. The van der Waals surface area contributed by atoms with E-state index in [1.807, 2.05) is 6.07 Å². The largest absolute Gasteiger partial charge is 0.458 e. The van der Waals surface area contributed by atoms with Crippen molar-refractivity contribution in [1.29, 1.82) is 0 Å². The van der Waals surface area contributed by atoms with Crippen LogP contribution in [-0.2, 0) is 78.0 Å². The van der Waals surface area contributed by atoms with Crippen LogP contribution in [0.25, 0.3) is 22.3 Å². The number of unbranched alkanes of at least 4 members (excludes halogenated alkanes) is 2. The minimum Gasteiger partial charge on any atom is -0.458 e. The Hall–Kier alpha value is -8.22. The van der Waals surface area contributed by atoms with E-state index >= 15 is 0 Å². The number of fused-ring (bicyclic) bond motifs is 6. The number of alkyl carbamates (subject to hydrolysis) is 1. The summed E-state index contributed by atoms with van der Waals surface area (Å²) in [5, 5.41) is 25.0. The number of sulfone groups is 1. The van der Waals surface area contributed by atoms with Crippen molar-refractivity contribution in [1.82, 2.24) is 51.0 Å². The molecule has 0 saturated carbocycles. The standard InChI is InChI=1S/C57H72N10O16S/c1-9-57(76)39-23-42-49-37(28-67(42)52(73)38(39)29-80-53(57)74)35(36-22-43-44(82-32-81-43)24-41(36)63-49)19-21-66(10-2)47(70)30-79-31-62-46(69)27-59-50(71)40(17-14-15-20-58-55(75)83-56(5,6)7)64-51(72)48(33(3)4)65-45(68)18-13-11-12-16-34-25-60-54(61-26-34)84(8,77)78/h22-26,33,40,48,76H,9-11,13-15,17-21,27-32H2,1-8H3,(H,58,75)(H,59,71)(H,62,69)(H,64,72)(H,65,68)/t40-,48-,57-/m0/s1. The minimum atomic E-state index is -3.57. The Balaban J connectivity index is 0.922. The summed E-state index contributed by atoms with van der Waals surface area (Å²) in [6.45, 7) is 11.3. The number of amides is 6. The van der Waals surface area contributed by atoms with Gasteiger partial charge in [0.25, 0.3) is 5.56 Å². The normalized spacial score (nSPS) is 15.5. The molecule has 6 heterocycles. The van der Waals surface area contributed by atoms with Crippen molar-refractivity contribution in [2.45, 2.75) is 141 Å². The summed E-state index contributed by atoms with van der Waals surface area (Å²) in [5.41, 5.74) is 0.568. The van der Waals surface area contributed by atoms with Crippen molar-refractivity contribution < 1.29 is 70.8 Å². The fourth-order valence-electron chi connectivity index (χ4n) is 9.62. The Morgan fingerprint density at radius 3 is 2.32 bits per heavy atom. The smallest absolute Gasteiger partial charge is 0.407 e. The number of carbonyl (C=O) groups excluding carboxylic acids is 7. The van der Waals surface area contributed by atoms with Gasteiger partial charge in [-0.15, -0.1) is 0 Å². The highest BCUT2D eigenvalue weighted by Gasteiger charge is 2.46. The third-order valence-electron chi connectivity index (χ3n) is 14.1. The molecule has 0 bridgehead atoms. The highest BCUT2D eigenvalue weighted by atomic mass is 32.2. The summed E-state index contributed by atoms with van der Waals surface area (Å²) < 4.78 is 52.3. The third-order valence-corrected chi connectivity index (χ3v) is 14.9. The number of aliphatic hydroxyl groups is 1. The van der Waals surface area contributed by atoms with Crippen molar-refractivity contribution >= 4 is 62.3 Å². The van der Waals surface area contributed by atoms with Crippen LogP contribution < -0.4 is 41.6 Å². The average Bonchev–Trinajstić information content (AvgIpc) is 1.60. The molecule has 3 aromatic heterocycles. The molecule has 7 rings (SSSR count). The number of esters is 1. The summed E-state index contributed by atoms with van der Waals surface area (Å²) >= 11 is 0. The van der Waals surface area contributed by atoms with Crippen molar-refractivity contribution in [2.75, 3.05) is 52.6 Å². The van der Waals surface area contributed by atoms with E-state index in [-0.39, 0.29) is 68.6 Å². The molecule has 3 aliphatic rings. The summed E-state index contributed by atoms with van der Waals surface area (Å²) in [6.07, 6.45) is 4.74. The number of hydrogen-bond donors (Lipinski definition) is 6. The molecule has 6 N–H and O–H groups in total. The second-order valence-electron chi connectivity index (χ2n) is 21.7. The number of benzene rings is 1. The molecule has 1 aromatic carbocycles. The van der Waals surface area contributed by atoms with Gasteiger partial charge in [-0.2, -0.15) is 0 Å². The fourth-order valence-corrected chi connectivity index (χ4v) is 10.1. The molecule has 3 aliphatic heterocycles. The maximum atomic E-state index is 14.0. The summed E-state index contributed by atoms with van der Waals surface area (Å²) in [6, 6.07) is 2.99. The van der Waals surface area contributed by atoms with Gasteiger partial charge >= 0.3 is 12.1 Å². The molecule has 452 valence electrons. The van der Waals surface area contributed by atoms with Crippen LogP contribution >= 0.6 is 0 Å². The van der Waals surface area contributed by atoms with Gasteiger partial charge in [-0.3, -0.25) is 28.8 Å². The highest BCUT2D eigenvalue weighted by Crippen LogP contribution is 2.43. The van der Waals surface area contributed by atoms with E-state index in [0.717, 1.165) is 22.8 Å². The van der Waals surface area contributed by atoms with Gasteiger partial charge < -0.3 is 64.8 Å². The van der Waals surface area contributed by atoms with Gasteiger partial charge in [0, 0.05) is 73.7 Å². The molecule has 26 nitrogen and oxygen atoms in total. The van der Waals surface area contributed by atoms with Gasteiger partial charge in [-0.25, -0.2) is 33.0 Å². The molecule has 3 atom stereocenters. The molecule has 0 spiro atoms. The Kier molecular flexibility index (Phi) is 20.7. The third kappa shape index (κ3) is 15.7. The minimum absolute atomic E-state index is 0.0170. The second kappa shape index (κ2) is 27.4. The van der Waals surface area contributed by atoms with Crippen molar-refractivity contribution in [2.24, 2.45) is 5.92 Å². The lowest BCUT2D eigenvalue weighted by Gasteiger charge is -2.31. The number of pyridine rings is 2. The van der Waals surface area contributed by atoms with Gasteiger partial charge in [0.2, 0.25) is 51.3 Å². The van der Waals surface area contributed by atoms with Crippen molar-refractivity contribution in [3.8, 4) is 34.7 Å². The lowest BCUT2D eigenvalue weighted by Crippen LogP contribution is -2.56. The molecule has 0 unspecified atom stereocenters. The molecule has 6 amide bonds. The maximum Gasteiger partial charge on any atom is 0.407 e. The molecule has 0 aliphatic carbocycles. The first-order valence-electron chi connectivity index (χ1n) is 27.7. The number of cyclic esters (lactones) is 1. The summed E-state index contributed by atoms with van der Waals surface area (Å²) in [7, 11) is -3.57. The zero-order chi connectivity index (χ0) is 61.1. The summed E-state index contributed by atoms with van der Waals surface area (Å²) in [4.78, 5) is 120. The monoisotopic (exact) mass is 1180 g/mol. The van der Waals surface area contributed by atoms with Crippen LogP contribution in [0.4, 0.5) is 4.79 Å². The Morgan fingerprint density at radius 2 is 1.64 bits per heavy atom. The van der Waals surface area contributed by atoms with Gasteiger partial charge in [0.1, 0.15) is 37.6 Å². The van der Waals surface area contributed by atoms with E-state index in [4.69, 9.17) is 28.7 Å². The molecule has 4 aromatic rings. The quantitative estimate of drug-likeness (QED) is 0.0160. The van der Waals surface area contributed by atoms with Gasteiger partial charge in [0.15, 0.2) is 17.1 Å². The van der Waals surface area contributed by atoms with Crippen LogP contribution in [0, 0.1) is 17.8 Å². The predicted molar refractivity (Wildman–Crippen MR) is 301 cm³/mol. The Labute approximate surface area is 485 Å². The number of aromatic nitrogens is 4. The Morgan fingerprint density at radius 1 is 0.917 bits per heavy atom. The average molecular weight is 1190 g/mol. The first-order valence-corrected chi connectivity index (χ1v) is 29.6. The number of nitrogens with one attached hydrogen (secondary N) is 5. The fraction of sp³-hybridized carbons (Fsp3) is 0.526. The number of ether oxygens (including phenoxy) is 5. The van der Waals surface area contributed by atoms with E-state index in [2.05, 4.69) is 48.4 Å². The van der Waals surface area contributed by atoms with Gasteiger partial charge in [-0.05, 0) is 89.8 Å². The van der Waals surface area contributed by atoms with Gasteiger partial charge in [0.05, 0.1) is 41.1 Å². The molecule has 84 heavy (non-hydrogen) atoms. The molecule has 0 radical (unpaired) electrons. The molecular weight excluding hydrogens is 1110 g/mol. The highest BCUT2D eigenvalue weighted by molar-refractivity contribution is 7.90. The SMILES string of the molecule is CCN(CCc1c2c(nc3cc4c(cc13)OCO4)-c1cc3c(c(=O)n1C2)COC(=O)[C@]3(O)CC)C(=O)COCNC(=O)CNC(=O)[C@H](CCCCNC(=O)OC(C)(C)C)NC(=O)[C@@H](NC(=O)CCCC#Cc1cnc(S(C)(=O)=O)nc1)C(C)C. The first-order chi connectivity index (χ1) is 39.8. The number of nitrogens with zero attached hydrogens (tertiary/aromatic N) is 5. The van der Waals surface area contributed by atoms with Crippen LogP contribution in [0.15, 0.2) is 40.5 Å². The zero-order valence-electron chi connectivity index (χ0n) is 48.4. The van der Waals surface area contributed by atoms with Crippen molar-refractivity contribution in [3.05, 3.63) is 68.8 Å². The van der Waals surface area contributed by atoms with Crippen LogP contribution in [0.5, 0.6) is 11.5 Å². The van der Waals surface area contributed by atoms with Crippen LogP contribution in [0.3, 0.4) is 0 Å². The topological polar surface area (TPSA) is 344 Å². The predicted octanol–water partition coefficient (Wildman–Crippen LogP) is 2.14. The number of likely N-dealkylation sites (N-methyl/N-ethyl adjacent to an activating group) is 1. The maximum absolute atomic E-state index is 14.0. The van der Waals surface area contributed by atoms with Crippen LogP contribution in [0.1, 0.15) is 121 Å². The molecule has 0 saturated heterocycles.